The maximum atomic E-state index is 13.1. The van der Waals surface area contributed by atoms with Gasteiger partial charge in [0.05, 0.1) is 19.7 Å². The summed E-state index contributed by atoms with van der Waals surface area (Å²) in [5, 5.41) is 3.09. The molecule has 4 heterocycles. The average molecular weight is 425 g/mol. The lowest BCUT2D eigenvalue weighted by molar-refractivity contribution is 0.127. The number of fused-ring (bicyclic) bond motifs is 3. The Kier molecular flexibility index (Phi) is 3.70. The van der Waals surface area contributed by atoms with Crippen LogP contribution in [0.5, 0.6) is 0 Å². The van der Waals surface area contributed by atoms with Gasteiger partial charge in [0.2, 0.25) is 5.62 Å². The van der Waals surface area contributed by atoms with Gasteiger partial charge < -0.3 is 10.3 Å². The minimum Gasteiger partial charge on any atom is -0.382 e. The summed E-state index contributed by atoms with van der Waals surface area (Å²) in [5.41, 5.74) is 9.21. The zero-order chi connectivity index (χ0) is 22.1. The van der Waals surface area contributed by atoms with Gasteiger partial charge in [0.1, 0.15) is 16.9 Å². The number of anilines is 1. The van der Waals surface area contributed by atoms with Gasteiger partial charge in [0.15, 0.2) is 11.5 Å². The van der Waals surface area contributed by atoms with Crippen molar-refractivity contribution in [1.29, 1.82) is 0 Å². The molecule has 0 spiro atoms. The molecule has 0 bridgehead atoms. The van der Waals surface area contributed by atoms with E-state index in [4.69, 9.17) is 12.1 Å². The lowest BCUT2D eigenvalue weighted by Gasteiger charge is -2.07. The van der Waals surface area contributed by atoms with Crippen molar-refractivity contribution >= 4 is 22.5 Å². The molecule has 4 aromatic heterocycles. The van der Waals surface area contributed by atoms with Crippen molar-refractivity contribution < 1.29 is 10.2 Å². The average Bonchev–Trinajstić information content (AvgIpc) is 3.05. The van der Waals surface area contributed by atoms with Crippen LogP contribution in [-0.4, -0.2) is 41.6 Å². The number of hydrogen-bond donors (Lipinski definition) is 2. The Balaban J connectivity index is 1.46. The van der Waals surface area contributed by atoms with Crippen molar-refractivity contribution in [2.45, 2.75) is 45.2 Å². The van der Waals surface area contributed by atoms with Crippen molar-refractivity contribution in [3.05, 3.63) is 35.8 Å². The molecule has 2 fully saturated rings. The van der Waals surface area contributed by atoms with Gasteiger partial charge in [-0.3, -0.25) is 9.61 Å². The van der Waals surface area contributed by atoms with Gasteiger partial charge in [0.25, 0.3) is 6.43 Å². The molecule has 0 saturated heterocycles. The first kappa shape index (κ1) is 17.4. The van der Waals surface area contributed by atoms with Crippen LogP contribution >= 0.6 is 0 Å². The standard InChI is InChI=1S/C21H22F2N8/c1-10-25-16-3-2-15(27-20(16)30(10)9-17(22)23)14-4-5-31-18(14)19(24)28-21(29-31)26-13-7-11-6-12(11)8-13/h2-5,11-13,17H,6-9H2,1H3,(H3,24,26,28,29)/i5D. The highest BCUT2D eigenvalue weighted by Crippen LogP contribution is 2.52. The topological polar surface area (TPSA) is 102 Å². The van der Waals surface area contributed by atoms with Crippen molar-refractivity contribution in [3.63, 3.8) is 0 Å². The third kappa shape index (κ3) is 3.08. The molecule has 0 aliphatic heterocycles. The molecule has 2 saturated carbocycles. The van der Waals surface area contributed by atoms with E-state index >= 15 is 0 Å². The van der Waals surface area contributed by atoms with Gasteiger partial charge in [-0.1, -0.05) is 0 Å². The second kappa shape index (κ2) is 6.60. The number of aryl methyl sites for hydroxylation is 1. The molecule has 0 aromatic carbocycles. The molecule has 2 atom stereocenters. The first-order chi connectivity index (χ1) is 15.4. The Bertz CT molecular complexity index is 1430. The Hall–Kier alpha value is -3.30. The van der Waals surface area contributed by atoms with Gasteiger partial charge in [-0.2, -0.15) is 4.98 Å². The van der Waals surface area contributed by atoms with Crippen LogP contribution in [0.4, 0.5) is 14.6 Å². The maximum Gasteiger partial charge on any atom is 0.256 e. The molecule has 3 N–H and O–H groups in total. The number of nitrogen functional groups attached to an aromatic ring is 1. The smallest absolute Gasteiger partial charge is 0.256 e. The molecule has 8 nitrogen and oxygen atoms in total. The minimum atomic E-state index is -2.52. The van der Waals surface area contributed by atoms with E-state index in [0.29, 0.717) is 39.4 Å². The first-order valence-corrected chi connectivity index (χ1v) is 10.4. The van der Waals surface area contributed by atoms with Gasteiger partial charge >= 0.3 is 0 Å². The summed E-state index contributed by atoms with van der Waals surface area (Å²) >= 11 is 0. The molecule has 0 radical (unpaired) electrons. The van der Waals surface area contributed by atoms with Crippen LogP contribution in [0.3, 0.4) is 0 Å². The number of halogens is 2. The summed E-state index contributed by atoms with van der Waals surface area (Å²) in [5.74, 6) is 2.31. The minimum absolute atomic E-state index is 0.175. The van der Waals surface area contributed by atoms with E-state index < -0.39 is 13.0 Å². The van der Waals surface area contributed by atoms with Crippen LogP contribution in [0, 0.1) is 18.8 Å². The first-order valence-electron chi connectivity index (χ1n) is 10.9. The lowest BCUT2D eigenvalue weighted by atomic mass is 10.2. The van der Waals surface area contributed by atoms with Crippen LogP contribution in [-0.2, 0) is 6.54 Å². The fraction of sp³-hybridized carbons (Fsp3) is 0.429. The monoisotopic (exact) mass is 425 g/mol. The molecular weight excluding hydrogens is 402 g/mol. The molecule has 2 unspecified atom stereocenters. The van der Waals surface area contributed by atoms with Crippen molar-refractivity contribution in [2.24, 2.45) is 16.8 Å². The van der Waals surface area contributed by atoms with Crippen LogP contribution in [0.2, 0.25) is 0 Å². The Morgan fingerprint density at radius 2 is 2.03 bits per heavy atom. The van der Waals surface area contributed by atoms with Crippen LogP contribution in [0.25, 0.3) is 27.9 Å². The molecular formula is C21H22F2N8. The number of aromatic nitrogens is 6. The van der Waals surface area contributed by atoms with E-state index in [9.17, 15) is 8.78 Å². The number of nitrogens with two attached hydrogens (primary N) is 1. The molecule has 160 valence electrons. The normalized spacial score (nSPS) is 23.8. The maximum absolute atomic E-state index is 13.1. The van der Waals surface area contributed by atoms with Gasteiger partial charge in [0, 0.05) is 11.7 Å². The van der Waals surface area contributed by atoms with Crippen molar-refractivity contribution in [2.75, 3.05) is 5.73 Å². The van der Waals surface area contributed by atoms with Gasteiger partial charge in [-0.15, -0.1) is 0 Å². The molecule has 10 heteroatoms. The number of nitrogens with one attached hydrogen (secondary N) is 1. The van der Waals surface area contributed by atoms with Crippen molar-refractivity contribution in [1.82, 2.24) is 29.1 Å². The summed E-state index contributed by atoms with van der Waals surface area (Å²) in [6.45, 7) is 1.19. The number of H-pyrrole nitrogens is 1. The molecule has 6 rings (SSSR count). The highest BCUT2D eigenvalue weighted by atomic mass is 19.3. The van der Waals surface area contributed by atoms with Crippen LogP contribution < -0.4 is 11.4 Å². The predicted octanol–water partition coefficient (Wildman–Crippen LogP) is 2.93. The van der Waals surface area contributed by atoms with E-state index in [1.807, 2.05) is 0 Å². The quantitative estimate of drug-likeness (QED) is 0.525. The zero-order valence-electron chi connectivity index (χ0n) is 17.9. The fourth-order valence-corrected chi connectivity index (χ4v) is 4.85. The fourth-order valence-electron chi connectivity index (χ4n) is 4.85. The van der Waals surface area contributed by atoms with Crippen molar-refractivity contribution in [3.8, 4) is 11.3 Å². The summed E-state index contributed by atoms with van der Waals surface area (Å²) in [7, 11) is 0. The molecule has 4 aromatic rings. The molecule has 2 aliphatic rings. The number of pyridine rings is 1. The Morgan fingerprint density at radius 3 is 2.81 bits per heavy atom. The highest BCUT2D eigenvalue weighted by molar-refractivity contribution is 5.88. The summed E-state index contributed by atoms with van der Waals surface area (Å²) in [4.78, 5) is 18.1. The third-order valence-electron chi connectivity index (χ3n) is 6.40. The largest absolute Gasteiger partial charge is 0.382 e. The number of nitrogens with zero attached hydrogens (tertiary/aromatic N) is 6. The summed E-state index contributed by atoms with van der Waals surface area (Å²) < 4.78 is 37.5. The molecule has 0 amide bonds. The van der Waals surface area contributed by atoms with Gasteiger partial charge in [-0.25, -0.2) is 23.7 Å². The predicted molar refractivity (Wildman–Crippen MR) is 111 cm³/mol. The van der Waals surface area contributed by atoms with E-state index in [1.54, 1.807) is 29.6 Å². The SMILES string of the molecule is [2H]c1cc(-c2ccc3nc(C)n(CC(F)F)c3n2)c2c(N)nc(=NC3CC4CC4C3)[nH]n12. The molecule has 2 aliphatic carbocycles. The zero-order valence-corrected chi connectivity index (χ0v) is 16.9. The lowest BCUT2D eigenvalue weighted by Crippen LogP contribution is -2.22. The van der Waals surface area contributed by atoms with Gasteiger partial charge in [-0.05, 0) is 56.2 Å². The van der Waals surface area contributed by atoms with Crippen LogP contribution in [0.15, 0.2) is 29.4 Å². The van der Waals surface area contributed by atoms with E-state index in [2.05, 4.69) is 20.1 Å². The second-order valence-electron chi connectivity index (χ2n) is 8.51. The number of alkyl halides is 2. The number of rotatable bonds is 4. The Labute approximate surface area is 177 Å². The highest BCUT2D eigenvalue weighted by Gasteiger charge is 2.45. The third-order valence-corrected chi connectivity index (χ3v) is 6.40. The second-order valence-corrected chi connectivity index (χ2v) is 8.51. The van der Waals surface area contributed by atoms with E-state index in [1.165, 1.54) is 11.0 Å². The summed E-state index contributed by atoms with van der Waals surface area (Å²) in [6, 6.07) is 5.36. The number of aromatic amines is 1. The van der Waals surface area contributed by atoms with Crippen LogP contribution in [0.1, 0.15) is 26.5 Å². The summed E-state index contributed by atoms with van der Waals surface area (Å²) in [6.07, 6.45) is 1.13. The number of imidazole rings is 1. The number of hydrogen-bond acceptors (Lipinski definition) is 5. The van der Waals surface area contributed by atoms with E-state index in [-0.39, 0.29) is 18.0 Å². The van der Waals surface area contributed by atoms with E-state index in [0.717, 1.165) is 24.7 Å². The molecule has 31 heavy (non-hydrogen) atoms. The Morgan fingerprint density at radius 1 is 1.23 bits per heavy atom.